The van der Waals surface area contributed by atoms with Crippen LogP contribution >= 0.6 is 11.8 Å². The zero-order chi connectivity index (χ0) is 13.5. The Labute approximate surface area is 107 Å². The zero-order valence-corrected chi connectivity index (χ0v) is 11.8. The number of carbonyl (C=O) groups excluding carboxylic acids is 1. The van der Waals surface area contributed by atoms with Gasteiger partial charge >= 0.3 is 5.97 Å². The number of ether oxygens (including phenoxy) is 2. The first kappa shape index (κ1) is 16.7. The fourth-order valence-corrected chi connectivity index (χ4v) is 2.00. The fourth-order valence-electron chi connectivity index (χ4n) is 1.16. The number of carbonyl (C=O) groups is 1. The molecule has 0 aliphatic carbocycles. The number of esters is 1. The smallest absolute Gasteiger partial charge is 0.316 e. The zero-order valence-electron chi connectivity index (χ0n) is 10.9. The third-order valence-electron chi connectivity index (χ3n) is 1.85. The fraction of sp³-hybridized carbons (Fsp3) is 0.909. The summed E-state index contributed by atoms with van der Waals surface area (Å²) in [5.74, 6) is -0.120. The molecule has 0 spiro atoms. The number of thioether (sulfide) groups is 1. The summed E-state index contributed by atoms with van der Waals surface area (Å²) in [4.78, 5) is 11.5. The quantitative estimate of drug-likeness (QED) is 0.648. The molecule has 0 aliphatic heterocycles. The van der Waals surface area contributed by atoms with Crippen molar-refractivity contribution in [1.29, 1.82) is 0 Å². The molecule has 0 rings (SSSR count). The number of aliphatic hydroxyl groups is 1. The van der Waals surface area contributed by atoms with Crippen molar-refractivity contribution < 1.29 is 19.4 Å². The lowest BCUT2D eigenvalue weighted by Crippen LogP contribution is -2.39. The average molecular weight is 265 g/mol. The second-order valence-corrected chi connectivity index (χ2v) is 5.97. The normalized spacial score (nSPS) is 15.4. The molecule has 0 heterocycles. The summed E-state index contributed by atoms with van der Waals surface area (Å²) in [6.45, 7) is 5.71. The van der Waals surface area contributed by atoms with Crippen molar-refractivity contribution in [1.82, 2.24) is 0 Å². The third-order valence-corrected chi connectivity index (χ3v) is 3.18. The van der Waals surface area contributed by atoms with Gasteiger partial charge in [-0.1, -0.05) is 0 Å². The predicted molar refractivity (Wildman–Crippen MR) is 69.0 cm³/mol. The van der Waals surface area contributed by atoms with Crippen LogP contribution in [0.1, 0.15) is 20.8 Å². The van der Waals surface area contributed by atoms with Gasteiger partial charge in [-0.2, -0.15) is 0 Å². The Kier molecular flexibility index (Phi) is 7.78. The van der Waals surface area contributed by atoms with Gasteiger partial charge in [0, 0.05) is 18.4 Å². The molecule has 0 aromatic carbocycles. The Bertz CT molecular complexity index is 230. The molecule has 0 bridgehead atoms. The minimum absolute atomic E-state index is 0.0853. The molecule has 6 heteroatoms. The van der Waals surface area contributed by atoms with Crippen molar-refractivity contribution in [2.75, 3.05) is 26.1 Å². The Morgan fingerprint density at radius 3 is 2.47 bits per heavy atom. The largest absolute Gasteiger partial charge is 0.459 e. The SMILES string of the molecule is COCC(N)C(CO)SCC(=O)OC(C)(C)C. The molecule has 0 amide bonds. The second kappa shape index (κ2) is 7.92. The maximum atomic E-state index is 11.5. The molecule has 102 valence electrons. The van der Waals surface area contributed by atoms with Crippen molar-refractivity contribution in [2.45, 2.75) is 37.7 Å². The van der Waals surface area contributed by atoms with E-state index in [0.717, 1.165) is 0 Å². The maximum absolute atomic E-state index is 11.5. The van der Waals surface area contributed by atoms with Crippen molar-refractivity contribution in [3.63, 3.8) is 0 Å². The van der Waals surface area contributed by atoms with E-state index in [9.17, 15) is 4.79 Å². The molecule has 0 saturated carbocycles. The molecule has 0 aromatic heterocycles. The number of aliphatic hydroxyl groups excluding tert-OH is 1. The van der Waals surface area contributed by atoms with E-state index in [1.165, 1.54) is 11.8 Å². The van der Waals surface area contributed by atoms with Crippen LogP contribution in [0.4, 0.5) is 0 Å². The summed E-state index contributed by atoms with van der Waals surface area (Å²) in [5.41, 5.74) is 5.31. The van der Waals surface area contributed by atoms with Crippen LogP contribution in [0.5, 0.6) is 0 Å². The first-order chi connectivity index (χ1) is 7.80. The van der Waals surface area contributed by atoms with Gasteiger partial charge in [0.25, 0.3) is 0 Å². The molecule has 5 nitrogen and oxygen atoms in total. The summed E-state index contributed by atoms with van der Waals surface area (Å²) in [5, 5.41) is 8.94. The van der Waals surface area contributed by atoms with Crippen LogP contribution in [-0.2, 0) is 14.3 Å². The highest BCUT2D eigenvalue weighted by Crippen LogP contribution is 2.16. The summed E-state index contributed by atoms with van der Waals surface area (Å²) in [6, 6.07) is -0.294. The highest BCUT2D eigenvalue weighted by Gasteiger charge is 2.21. The van der Waals surface area contributed by atoms with E-state index in [0.29, 0.717) is 6.61 Å². The van der Waals surface area contributed by atoms with Gasteiger partial charge in [0.1, 0.15) is 5.60 Å². The van der Waals surface area contributed by atoms with Crippen LogP contribution in [-0.4, -0.2) is 54.0 Å². The lowest BCUT2D eigenvalue weighted by Gasteiger charge is -2.22. The third kappa shape index (κ3) is 8.43. The van der Waals surface area contributed by atoms with Gasteiger partial charge in [-0.15, -0.1) is 11.8 Å². The van der Waals surface area contributed by atoms with Crippen LogP contribution < -0.4 is 5.73 Å². The van der Waals surface area contributed by atoms with Crippen molar-refractivity contribution >= 4 is 17.7 Å². The van der Waals surface area contributed by atoms with E-state index in [2.05, 4.69) is 0 Å². The average Bonchev–Trinajstić information content (AvgIpc) is 2.16. The van der Waals surface area contributed by atoms with Gasteiger partial charge < -0.3 is 20.3 Å². The first-order valence-corrected chi connectivity index (χ1v) is 6.54. The Hall–Kier alpha value is -0.300. The van der Waals surface area contributed by atoms with Crippen LogP contribution in [0, 0.1) is 0 Å². The molecule has 2 unspecified atom stereocenters. The Morgan fingerprint density at radius 2 is 2.06 bits per heavy atom. The molecule has 3 N–H and O–H groups in total. The molecule has 2 atom stereocenters. The highest BCUT2D eigenvalue weighted by atomic mass is 32.2. The van der Waals surface area contributed by atoms with Crippen LogP contribution in [0.15, 0.2) is 0 Å². The molecule has 0 aliphatic rings. The van der Waals surface area contributed by atoms with Gasteiger partial charge in [0.15, 0.2) is 0 Å². The standard InChI is InChI=1S/C11H23NO4S/c1-11(2,3)16-10(14)7-17-9(5-13)8(12)6-15-4/h8-9,13H,5-7,12H2,1-4H3. The van der Waals surface area contributed by atoms with E-state index < -0.39 is 5.60 Å². The summed E-state index contributed by atoms with van der Waals surface area (Å²) >= 11 is 1.29. The first-order valence-electron chi connectivity index (χ1n) is 5.49. The minimum Gasteiger partial charge on any atom is -0.459 e. The summed E-state index contributed by atoms with van der Waals surface area (Å²) in [6.07, 6.45) is 0. The molecule has 17 heavy (non-hydrogen) atoms. The van der Waals surface area contributed by atoms with Crippen LogP contribution in [0.3, 0.4) is 0 Å². The predicted octanol–water partition coefficient (Wildman–Crippen LogP) is 0.396. The lowest BCUT2D eigenvalue weighted by molar-refractivity contribution is -0.151. The Morgan fingerprint density at radius 1 is 1.47 bits per heavy atom. The number of methoxy groups -OCH3 is 1. The van der Waals surface area contributed by atoms with E-state index in [1.807, 2.05) is 20.8 Å². The van der Waals surface area contributed by atoms with E-state index >= 15 is 0 Å². The molecular formula is C11H23NO4S. The molecular weight excluding hydrogens is 242 g/mol. The number of hydrogen-bond acceptors (Lipinski definition) is 6. The van der Waals surface area contributed by atoms with E-state index in [1.54, 1.807) is 7.11 Å². The lowest BCUT2D eigenvalue weighted by atomic mass is 10.2. The minimum atomic E-state index is -0.485. The van der Waals surface area contributed by atoms with E-state index in [4.69, 9.17) is 20.3 Å². The summed E-state index contributed by atoms with van der Waals surface area (Å²) < 4.78 is 10.1. The van der Waals surface area contributed by atoms with Crippen LogP contribution in [0.25, 0.3) is 0 Å². The monoisotopic (exact) mass is 265 g/mol. The van der Waals surface area contributed by atoms with E-state index in [-0.39, 0.29) is 29.6 Å². The van der Waals surface area contributed by atoms with Gasteiger partial charge in [-0.25, -0.2) is 0 Å². The second-order valence-electron chi connectivity index (χ2n) is 4.74. The van der Waals surface area contributed by atoms with Gasteiger partial charge in [0.05, 0.1) is 19.0 Å². The molecule has 0 radical (unpaired) electrons. The molecule has 0 fully saturated rings. The maximum Gasteiger partial charge on any atom is 0.316 e. The number of nitrogens with two attached hydrogens (primary N) is 1. The molecule has 0 aromatic rings. The summed E-state index contributed by atoms with van der Waals surface area (Å²) in [7, 11) is 1.55. The van der Waals surface area contributed by atoms with Gasteiger partial charge in [-0.3, -0.25) is 4.79 Å². The number of rotatable bonds is 7. The van der Waals surface area contributed by atoms with Crippen molar-refractivity contribution in [3.05, 3.63) is 0 Å². The Balaban J connectivity index is 4.02. The van der Waals surface area contributed by atoms with Gasteiger partial charge in [0.2, 0.25) is 0 Å². The molecule has 0 saturated heterocycles. The topological polar surface area (TPSA) is 81.8 Å². The highest BCUT2D eigenvalue weighted by molar-refractivity contribution is 8.00. The van der Waals surface area contributed by atoms with Crippen LogP contribution in [0.2, 0.25) is 0 Å². The van der Waals surface area contributed by atoms with Gasteiger partial charge in [-0.05, 0) is 20.8 Å². The van der Waals surface area contributed by atoms with Crippen molar-refractivity contribution in [2.24, 2.45) is 5.73 Å². The number of hydrogen-bond donors (Lipinski definition) is 2. The van der Waals surface area contributed by atoms with Crippen molar-refractivity contribution in [3.8, 4) is 0 Å².